The Hall–Kier alpha value is -2.65. The van der Waals surface area contributed by atoms with Crippen LogP contribution in [0.3, 0.4) is 0 Å². The molecule has 1 N–H and O–H groups in total. The van der Waals surface area contributed by atoms with Crippen molar-refractivity contribution in [2.75, 3.05) is 49.3 Å². The molecule has 1 aromatic carbocycles. The van der Waals surface area contributed by atoms with Gasteiger partial charge in [0.15, 0.2) is 21.5 Å². The molecule has 1 saturated carbocycles. The van der Waals surface area contributed by atoms with Crippen LogP contribution in [0.5, 0.6) is 0 Å². The molecule has 0 spiro atoms. The predicted octanol–water partition coefficient (Wildman–Crippen LogP) is 2.83. The van der Waals surface area contributed by atoms with Crippen molar-refractivity contribution in [2.24, 2.45) is 0 Å². The summed E-state index contributed by atoms with van der Waals surface area (Å²) in [6.07, 6.45) is 5.35. The van der Waals surface area contributed by atoms with E-state index in [1.165, 1.54) is 6.26 Å². The number of pyridine rings is 1. The fourth-order valence-corrected chi connectivity index (χ4v) is 5.32. The van der Waals surface area contributed by atoms with Gasteiger partial charge >= 0.3 is 0 Å². The van der Waals surface area contributed by atoms with Crippen LogP contribution in [0.2, 0.25) is 0 Å². The number of rotatable bonds is 5. The zero-order valence-corrected chi connectivity index (χ0v) is 19.1. The average Bonchev–Trinajstić information content (AvgIpc) is 3.14. The normalized spacial score (nSPS) is 21.7. The minimum atomic E-state index is -3.21. The highest BCUT2D eigenvalue weighted by Gasteiger charge is 2.30. The minimum Gasteiger partial charge on any atom is -0.368 e. The Bertz CT molecular complexity index is 1230. The molecule has 2 aliphatic rings. The standard InChI is InChI=1S/C23H28FN5O2S/c1-25-17-14-19(15-17)29-8-7-16-13-21(24)23(26-22(16)29)28-11-9-27(10-12-28)18-3-5-20(6-4-18)32(2,30)31/h3-8,13,17,19,25H,9-12,14-15H2,1-2H3/t17-,19-. The van der Waals surface area contributed by atoms with Gasteiger partial charge in [-0.1, -0.05) is 0 Å². The van der Waals surface area contributed by atoms with Crippen molar-refractivity contribution in [3.05, 3.63) is 48.4 Å². The number of anilines is 2. The molecule has 170 valence electrons. The molecular weight excluding hydrogens is 429 g/mol. The number of nitrogens with one attached hydrogen (secondary N) is 1. The molecule has 0 atom stereocenters. The molecule has 0 unspecified atom stereocenters. The second-order valence-corrected chi connectivity index (χ2v) is 10.8. The molecule has 5 rings (SSSR count). The van der Waals surface area contributed by atoms with Crippen molar-refractivity contribution < 1.29 is 12.8 Å². The van der Waals surface area contributed by atoms with Crippen LogP contribution in [0.4, 0.5) is 15.9 Å². The van der Waals surface area contributed by atoms with Crippen molar-refractivity contribution in [1.82, 2.24) is 14.9 Å². The first-order valence-corrected chi connectivity index (χ1v) is 12.9. The quantitative estimate of drug-likeness (QED) is 0.635. The minimum absolute atomic E-state index is 0.289. The summed E-state index contributed by atoms with van der Waals surface area (Å²) in [5.74, 6) is 0.122. The molecule has 0 bridgehead atoms. The Kier molecular flexibility index (Phi) is 5.33. The summed E-state index contributed by atoms with van der Waals surface area (Å²) in [6.45, 7) is 2.72. The molecule has 0 radical (unpaired) electrons. The van der Waals surface area contributed by atoms with Gasteiger partial charge in [0.1, 0.15) is 5.65 Å². The molecule has 2 aromatic heterocycles. The van der Waals surface area contributed by atoms with Gasteiger partial charge in [-0.05, 0) is 56.3 Å². The fourth-order valence-electron chi connectivity index (χ4n) is 4.69. The molecule has 9 heteroatoms. The van der Waals surface area contributed by atoms with Crippen LogP contribution >= 0.6 is 0 Å². The van der Waals surface area contributed by atoms with Gasteiger partial charge < -0.3 is 19.7 Å². The van der Waals surface area contributed by atoms with Gasteiger partial charge in [0.05, 0.1) is 4.90 Å². The van der Waals surface area contributed by atoms with E-state index in [9.17, 15) is 12.8 Å². The number of sulfone groups is 1. The lowest BCUT2D eigenvalue weighted by Crippen LogP contribution is -2.47. The smallest absolute Gasteiger partial charge is 0.175 e. The lowest BCUT2D eigenvalue weighted by atomic mass is 9.87. The van der Waals surface area contributed by atoms with E-state index in [4.69, 9.17) is 4.98 Å². The third kappa shape index (κ3) is 3.84. The molecule has 3 aromatic rings. The van der Waals surface area contributed by atoms with Gasteiger partial charge in [-0.2, -0.15) is 0 Å². The number of piperazine rings is 1. The molecule has 0 amide bonds. The van der Waals surface area contributed by atoms with Crippen LogP contribution in [0, 0.1) is 5.82 Å². The van der Waals surface area contributed by atoms with Crippen molar-refractivity contribution in [3.8, 4) is 0 Å². The van der Waals surface area contributed by atoms with E-state index in [-0.39, 0.29) is 5.82 Å². The van der Waals surface area contributed by atoms with Crippen LogP contribution in [0.25, 0.3) is 11.0 Å². The van der Waals surface area contributed by atoms with E-state index in [0.29, 0.717) is 49.0 Å². The van der Waals surface area contributed by atoms with E-state index < -0.39 is 9.84 Å². The summed E-state index contributed by atoms with van der Waals surface area (Å²) in [5.41, 5.74) is 1.82. The number of aromatic nitrogens is 2. The van der Waals surface area contributed by atoms with Gasteiger partial charge in [0.25, 0.3) is 0 Å². The molecule has 1 saturated heterocycles. The Balaban J connectivity index is 1.32. The molecule has 1 aliphatic carbocycles. The van der Waals surface area contributed by atoms with Crippen molar-refractivity contribution in [1.29, 1.82) is 0 Å². The summed E-state index contributed by atoms with van der Waals surface area (Å²) in [7, 11) is -1.22. The highest BCUT2D eigenvalue weighted by atomic mass is 32.2. The summed E-state index contributed by atoms with van der Waals surface area (Å²) in [6, 6.07) is 11.4. The first kappa shape index (κ1) is 21.2. The first-order chi connectivity index (χ1) is 15.3. The Labute approximate surface area is 187 Å². The largest absolute Gasteiger partial charge is 0.368 e. The molecule has 7 nitrogen and oxygen atoms in total. The Morgan fingerprint density at radius 2 is 1.69 bits per heavy atom. The Morgan fingerprint density at radius 3 is 2.31 bits per heavy atom. The van der Waals surface area contributed by atoms with Crippen molar-refractivity contribution in [3.63, 3.8) is 0 Å². The van der Waals surface area contributed by atoms with Gasteiger partial charge in [0.2, 0.25) is 0 Å². The van der Waals surface area contributed by atoms with Crippen LogP contribution in [-0.4, -0.2) is 63.5 Å². The van der Waals surface area contributed by atoms with E-state index in [1.54, 1.807) is 18.2 Å². The molecule has 32 heavy (non-hydrogen) atoms. The molecule has 1 aliphatic heterocycles. The van der Waals surface area contributed by atoms with Gasteiger partial charge in [0, 0.05) is 61.8 Å². The van der Waals surface area contributed by atoms with Gasteiger partial charge in [-0.25, -0.2) is 17.8 Å². The van der Waals surface area contributed by atoms with Crippen molar-refractivity contribution in [2.45, 2.75) is 29.8 Å². The summed E-state index contributed by atoms with van der Waals surface area (Å²) in [5, 5.41) is 4.14. The Morgan fingerprint density at radius 1 is 1.03 bits per heavy atom. The van der Waals surface area contributed by atoms with Crippen LogP contribution in [0.1, 0.15) is 18.9 Å². The maximum absolute atomic E-state index is 14.9. The topological polar surface area (TPSA) is 70.5 Å². The summed E-state index contributed by atoms with van der Waals surface area (Å²) < 4.78 is 40.5. The van der Waals surface area contributed by atoms with Gasteiger partial charge in [-0.15, -0.1) is 0 Å². The van der Waals surface area contributed by atoms with Crippen molar-refractivity contribution >= 4 is 32.4 Å². The average molecular weight is 458 g/mol. The number of nitrogens with zero attached hydrogens (tertiary/aromatic N) is 4. The lowest BCUT2D eigenvalue weighted by Gasteiger charge is -2.37. The second kappa shape index (κ2) is 8.04. The number of benzene rings is 1. The summed E-state index contributed by atoms with van der Waals surface area (Å²) in [4.78, 5) is 9.26. The van der Waals surface area contributed by atoms with Crippen LogP contribution < -0.4 is 15.1 Å². The first-order valence-electron chi connectivity index (χ1n) is 11.0. The SMILES string of the molecule is CN[C@H]1C[C@H](n2ccc3cc(F)c(N4CCN(c5ccc(S(C)(=O)=O)cc5)CC4)nc32)C1. The summed E-state index contributed by atoms with van der Waals surface area (Å²) >= 11 is 0. The maximum atomic E-state index is 14.9. The fraction of sp³-hybridized carbons (Fsp3) is 0.435. The number of hydrogen-bond donors (Lipinski definition) is 1. The third-order valence-corrected chi connectivity index (χ3v) is 7.88. The van der Waals surface area contributed by atoms with E-state index >= 15 is 0 Å². The highest BCUT2D eigenvalue weighted by Crippen LogP contribution is 2.35. The highest BCUT2D eigenvalue weighted by molar-refractivity contribution is 7.90. The van der Waals surface area contributed by atoms with E-state index in [0.717, 1.165) is 29.6 Å². The third-order valence-electron chi connectivity index (χ3n) is 6.75. The monoisotopic (exact) mass is 457 g/mol. The van der Waals surface area contributed by atoms with E-state index in [2.05, 4.69) is 14.8 Å². The zero-order chi connectivity index (χ0) is 22.5. The molecular formula is C23H28FN5O2S. The van der Waals surface area contributed by atoms with E-state index in [1.807, 2.05) is 36.3 Å². The number of hydrogen-bond acceptors (Lipinski definition) is 6. The molecule has 3 heterocycles. The number of halogens is 1. The molecule has 2 fully saturated rings. The number of fused-ring (bicyclic) bond motifs is 1. The zero-order valence-electron chi connectivity index (χ0n) is 18.3. The van der Waals surface area contributed by atoms with Crippen LogP contribution in [0.15, 0.2) is 47.5 Å². The maximum Gasteiger partial charge on any atom is 0.175 e. The predicted molar refractivity (Wildman–Crippen MR) is 125 cm³/mol. The van der Waals surface area contributed by atoms with Crippen LogP contribution in [-0.2, 0) is 9.84 Å². The lowest BCUT2D eigenvalue weighted by molar-refractivity contribution is 0.240. The second-order valence-electron chi connectivity index (χ2n) is 8.78. The van der Waals surface area contributed by atoms with Gasteiger partial charge in [-0.3, -0.25) is 0 Å².